The number of hydrogen-bond acceptors (Lipinski definition) is 4. The molecule has 110 valence electrons. The Bertz CT molecular complexity index is 510. The highest BCUT2D eigenvalue weighted by atomic mass is 16.4. The van der Waals surface area contributed by atoms with E-state index >= 15 is 0 Å². The van der Waals surface area contributed by atoms with E-state index in [1.54, 1.807) is 13.8 Å². The largest absolute Gasteiger partial charge is 0.436 e. The Morgan fingerprint density at radius 1 is 1.25 bits per heavy atom. The topological polar surface area (TPSA) is 98.2 Å². The van der Waals surface area contributed by atoms with Crippen molar-refractivity contribution in [2.45, 2.75) is 52.0 Å². The van der Waals surface area contributed by atoms with E-state index in [9.17, 15) is 9.59 Å². The number of nitrogens with zero attached hydrogens (tertiary/aromatic N) is 1. The Morgan fingerprint density at radius 2 is 1.95 bits per heavy atom. The van der Waals surface area contributed by atoms with Crippen molar-refractivity contribution in [2.75, 3.05) is 0 Å². The van der Waals surface area contributed by atoms with Crippen LogP contribution in [0, 0.1) is 19.8 Å². The molecule has 2 amide bonds. The minimum Gasteiger partial charge on any atom is -0.436 e. The molecule has 1 aliphatic rings. The Morgan fingerprint density at radius 3 is 2.55 bits per heavy atom. The lowest BCUT2D eigenvalue weighted by Gasteiger charge is -2.23. The number of nitrogens with two attached hydrogens (primary N) is 1. The Labute approximate surface area is 118 Å². The molecule has 0 radical (unpaired) electrons. The van der Waals surface area contributed by atoms with Crippen LogP contribution >= 0.6 is 0 Å². The zero-order chi connectivity index (χ0) is 14.7. The second-order valence-corrected chi connectivity index (χ2v) is 5.37. The normalized spacial score (nSPS) is 23.1. The van der Waals surface area contributed by atoms with Crippen molar-refractivity contribution in [1.29, 1.82) is 0 Å². The molecular weight excluding hydrogens is 258 g/mol. The maximum Gasteiger partial charge on any atom is 0.289 e. The van der Waals surface area contributed by atoms with Crippen LogP contribution in [0.25, 0.3) is 0 Å². The van der Waals surface area contributed by atoms with Crippen molar-refractivity contribution in [3.8, 4) is 0 Å². The van der Waals surface area contributed by atoms with Crippen LogP contribution in [-0.4, -0.2) is 22.8 Å². The number of amides is 2. The van der Waals surface area contributed by atoms with E-state index in [1.165, 1.54) is 0 Å². The molecule has 0 unspecified atom stereocenters. The van der Waals surface area contributed by atoms with Crippen LogP contribution in [0.4, 0.5) is 0 Å². The summed E-state index contributed by atoms with van der Waals surface area (Å²) in [4.78, 5) is 27.9. The smallest absolute Gasteiger partial charge is 0.289 e. The summed E-state index contributed by atoms with van der Waals surface area (Å²) in [7, 11) is 0. The standard InChI is InChI=1S/C14H21N3O3/c1-8-12(20-9(2)16-8)14(19)17-11-7-5-3-4-6-10(11)13(15)18/h10-11H,3-7H2,1-2H3,(H2,15,18)(H,17,19)/t10-,11+/m1/s1. The molecule has 2 rings (SSSR count). The highest BCUT2D eigenvalue weighted by Crippen LogP contribution is 2.24. The molecule has 0 bridgehead atoms. The van der Waals surface area contributed by atoms with Crippen LogP contribution in [-0.2, 0) is 4.79 Å². The summed E-state index contributed by atoms with van der Waals surface area (Å²) >= 11 is 0. The fourth-order valence-corrected chi connectivity index (χ4v) is 2.80. The molecule has 1 aromatic rings. The molecule has 1 fully saturated rings. The third kappa shape index (κ3) is 3.18. The third-order valence-electron chi connectivity index (χ3n) is 3.81. The number of aryl methyl sites for hydroxylation is 2. The van der Waals surface area contributed by atoms with Crippen molar-refractivity contribution in [3.63, 3.8) is 0 Å². The first-order valence-corrected chi connectivity index (χ1v) is 7.03. The van der Waals surface area contributed by atoms with Crippen LogP contribution in [0.15, 0.2) is 4.42 Å². The number of primary amides is 1. The fourth-order valence-electron chi connectivity index (χ4n) is 2.80. The predicted octanol–water partition coefficient (Wildman–Crippen LogP) is 1.46. The summed E-state index contributed by atoms with van der Waals surface area (Å²) in [6.45, 7) is 3.42. The average Bonchev–Trinajstić information content (AvgIpc) is 2.60. The molecule has 3 N–H and O–H groups in total. The zero-order valence-corrected chi connectivity index (χ0v) is 11.9. The van der Waals surface area contributed by atoms with Crippen LogP contribution < -0.4 is 11.1 Å². The van der Waals surface area contributed by atoms with Gasteiger partial charge in [-0.1, -0.05) is 19.3 Å². The average molecular weight is 279 g/mol. The van der Waals surface area contributed by atoms with Crippen LogP contribution in [0.3, 0.4) is 0 Å². The van der Waals surface area contributed by atoms with Gasteiger partial charge in [-0.2, -0.15) is 0 Å². The number of carbonyl (C=O) groups excluding carboxylic acids is 2. The van der Waals surface area contributed by atoms with Crippen molar-refractivity contribution < 1.29 is 14.0 Å². The zero-order valence-electron chi connectivity index (χ0n) is 11.9. The SMILES string of the molecule is Cc1nc(C)c(C(=O)N[C@H]2CCCCC[C@H]2C(N)=O)o1. The lowest BCUT2D eigenvalue weighted by molar-refractivity contribution is -0.122. The minimum absolute atomic E-state index is 0.215. The van der Waals surface area contributed by atoms with Gasteiger partial charge in [-0.15, -0.1) is 0 Å². The lowest BCUT2D eigenvalue weighted by Crippen LogP contribution is -2.45. The van der Waals surface area contributed by atoms with E-state index in [0.717, 1.165) is 32.1 Å². The van der Waals surface area contributed by atoms with Gasteiger partial charge in [0.05, 0.1) is 11.6 Å². The number of oxazole rings is 1. The number of hydrogen-bond donors (Lipinski definition) is 2. The molecule has 6 heteroatoms. The van der Waals surface area contributed by atoms with E-state index in [0.29, 0.717) is 11.6 Å². The van der Waals surface area contributed by atoms with Crippen LogP contribution in [0.1, 0.15) is 54.2 Å². The van der Waals surface area contributed by atoms with Gasteiger partial charge in [0.15, 0.2) is 5.89 Å². The molecule has 0 saturated heterocycles. The number of nitrogens with one attached hydrogen (secondary N) is 1. The molecule has 0 aliphatic heterocycles. The number of aromatic nitrogens is 1. The second kappa shape index (κ2) is 6.07. The molecule has 1 heterocycles. The Hall–Kier alpha value is -1.85. The first-order valence-electron chi connectivity index (χ1n) is 7.03. The quantitative estimate of drug-likeness (QED) is 0.818. The predicted molar refractivity (Wildman–Crippen MR) is 73.0 cm³/mol. The minimum atomic E-state index is -0.345. The molecule has 0 spiro atoms. The second-order valence-electron chi connectivity index (χ2n) is 5.37. The first-order chi connectivity index (χ1) is 9.49. The molecule has 1 aliphatic carbocycles. The van der Waals surface area contributed by atoms with Gasteiger partial charge in [-0.25, -0.2) is 4.98 Å². The summed E-state index contributed by atoms with van der Waals surface area (Å²) in [5.41, 5.74) is 6.01. The Kier molecular flexibility index (Phi) is 4.42. The van der Waals surface area contributed by atoms with Crippen molar-refractivity contribution in [2.24, 2.45) is 11.7 Å². The molecule has 1 saturated carbocycles. The van der Waals surface area contributed by atoms with Gasteiger partial charge in [0.25, 0.3) is 5.91 Å². The molecule has 20 heavy (non-hydrogen) atoms. The summed E-state index contributed by atoms with van der Waals surface area (Å²) in [5.74, 6) is -0.287. The number of carbonyl (C=O) groups is 2. The van der Waals surface area contributed by atoms with E-state index < -0.39 is 0 Å². The van der Waals surface area contributed by atoms with Crippen molar-refractivity contribution in [1.82, 2.24) is 10.3 Å². The molecule has 2 atom stereocenters. The number of rotatable bonds is 3. The highest BCUT2D eigenvalue weighted by molar-refractivity contribution is 5.93. The lowest BCUT2D eigenvalue weighted by atomic mass is 9.94. The van der Waals surface area contributed by atoms with Gasteiger partial charge in [0.1, 0.15) is 0 Å². The molecule has 1 aromatic heterocycles. The van der Waals surface area contributed by atoms with Crippen LogP contribution in [0.2, 0.25) is 0 Å². The van der Waals surface area contributed by atoms with Gasteiger partial charge in [-0.3, -0.25) is 9.59 Å². The van der Waals surface area contributed by atoms with Gasteiger partial charge in [-0.05, 0) is 19.8 Å². The van der Waals surface area contributed by atoms with Crippen molar-refractivity contribution >= 4 is 11.8 Å². The third-order valence-corrected chi connectivity index (χ3v) is 3.81. The summed E-state index contributed by atoms with van der Waals surface area (Å²) < 4.78 is 5.31. The molecular formula is C14H21N3O3. The van der Waals surface area contributed by atoms with E-state index in [-0.39, 0.29) is 29.5 Å². The van der Waals surface area contributed by atoms with Gasteiger partial charge < -0.3 is 15.5 Å². The monoisotopic (exact) mass is 279 g/mol. The van der Waals surface area contributed by atoms with Gasteiger partial charge in [0.2, 0.25) is 11.7 Å². The summed E-state index contributed by atoms with van der Waals surface area (Å²) in [6.07, 6.45) is 4.53. The van der Waals surface area contributed by atoms with E-state index in [2.05, 4.69) is 10.3 Å². The maximum atomic E-state index is 12.2. The first kappa shape index (κ1) is 14.6. The fraction of sp³-hybridized carbons (Fsp3) is 0.643. The summed E-state index contributed by atoms with van der Waals surface area (Å²) in [6, 6.07) is -0.215. The van der Waals surface area contributed by atoms with Gasteiger partial charge >= 0.3 is 0 Å². The highest BCUT2D eigenvalue weighted by Gasteiger charge is 2.30. The van der Waals surface area contributed by atoms with E-state index in [4.69, 9.17) is 10.2 Å². The maximum absolute atomic E-state index is 12.2. The molecule has 0 aromatic carbocycles. The van der Waals surface area contributed by atoms with Crippen LogP contribution in [0.5, 0.6) is 0 Å². The molecule has 6 nitrogen and oxygen atoms in total. The summed E-state index contributed by atoms with van der Waals surface area (Å²) in [5, 5.41) is 2.89. The van der Waals surface area contributed by atoms with Gasteiger partial charge in [0, 0.05) is 13.0 Å². The van der Waals surface area contributed by atoms with E-state index in [1.807, 2.05) is 0 Å². The Balaban J connectivity index is 2.11. The van der Waals surface area contributed by atoms with Crippen molar-refractivity contribution in [3.05, 3.63) is 17.3 Å².